The predicted octanol–water partition coefficient (Wildman–Crippen LogP) is 0.933. The molecule has 0 N–H and O–H groups in total. The van der Waals surface area contributed by atoms with Crippen LogP contribution in [0.5, 0.6) is 0 Å². The second kappa shape index (κ2) is 6.33. The largest absolute Gasteiger partial charge is 0.384 e. The molecule has 1 aliphatic carbocycles. The number of hydrogen-bond donors (Lipinski definition) is 0. The third-order valence-corrected chi connectivity index (χ3v) is 7.72. The van der Waals surface area contributed by atoms with Crippen molar-refractivity contribution in [1.29, 1.82) is 0 Å². The van der Waals surface area contributed by atoms with Crippen molar-refractivity contribution in [2.24, 2.45) is 17.3 Å². The van der Waals surface area contributed by atoms with Gasteiger partial charge in [0.25, 0.3) is 0 Å². The van der Waals surface area contributed by atoms with Crippen LogP contribution in [0, 0.1) is 17.3 Å². The molecule has 2 aliphatic heterocycles. The molecule has 0 aromatic heterocycles. The third-order valence-electron chi connectivity index (χ3n) is 5.84. The van der Waals surface area contributed by atoms with Gasteiger partial charge < -0.3 is 9.64 Å². The summed E-state index contributed by atoms with van der Waals surface area (Å²) in [6.45, 7) is 4.83. The van der Waals surface area contributed by atoms with Gasteiger partial charge in [-0.2, -0.15) is 0 Å². The summed E-state index contributed by atoms with van der Waals surface area (Å²) in [7, 11) is -1.49. The van der Waals surface area contributed by atoms with Gasteiger partial charge >= 0.3 is 0 Å². The van der Waals surface area contributed by atoms with E-state index < -0.39 is 10.0 Å². The van der Waals surface area contributed by atoms with Crippen molar-refractivity contribution in [3.63, 3.8) is 0 Å². The first-order valence-corrected chi connectivity index (χ1v) is 10.3. The van der Waals surface area contributed by atoms with E-state index in [0.717, 1.165) is 25.9 Å². The van der Waals surface area contributed by atoms with Crippen molar-refractivity contribution in [3.8, 4) is 0 Å². The Kier molecular flexibility index (Phi) is 4.73. The van der Waals surface area contributed by atoms with Crippen molar-refractivity contribution in [2.45, 2.75) is 32.6 Å². The van der Waals surface area contributed by atoms with Gasteiger partial charge in [0.1, 0.15) is 0 Å². The number of sulfonamides is 1. The molecule has 2 heterocycles. The summed E-state index contributed by atoms with van der Waals surface area (Å²) in [6, 6.07) is 0. The SMILES string of the molecule is CCS(=O)(=O)N1CCC2(CC1)CN(CC1CC1)C(=O)[C@H]2COC. The zero-order valence-corrected chi connectivity index (χ0v) is 15.0. The van der Waals surface area contributed by atoms with E-state index in [-0.39, 0.29) is 23.0 Å². The first kappa shape index (κ1) is 17.2. The fourth-order valence-electron chi connectivity index (χ4n) is 4.13. The summed E-state index contributed by atoms with van der Waals surface area (Å²) in [5.41, 5.74) is -0.109. The zero-order valence-electron chi connectivity index (χ0n) is 14.2. The number of carbonyl (C=O) groups excluding carboxylic acids is 1. The molecule has 3 rings (SSSR count). The van der Waals surface area contributed by atoms with Crippen LogP contribution in [0.3, 0.4) is 0 Å². The van der Waals surface area contributed by atoms with Gasteiger partial charge in [0.15, 0.2) is 0 Å². The van der Waals surface area contributed by atoms with Crippen molar-refractivity contribution in [3.05, 3.63) is 0 Å². The number of amides is 1. The lowest BCUT2D eigenvalue weighted by Crippen LogP contribution is -2.47. The van der Waals surface area contributed by atoms with Gasteiger partial charge in [-0.05, 0) is 38.5 Å². The molecule has 1 amide bonds. The molecule has 7 heteroatoms. The number of ether oxygens (including phenoxy) is 1. The first-order valence-electron chi connectivity index (χ1n) is 8.67. The lowest BCUT2D eigenvalue weighted by Gasteiger charge is -2.41. The lowest BCUT2D eigenvalue weighted by molar-refractivity contribution is -0.133. The van der Waals surface area contributed by atoms with Gasteiger partial charge in [-0.1, -0.05) is 0 Å². The Balaban J connectivity index is 1.73. The van der Waals surface area contributed by atoms with Crippen molar-refractivity contribution in [1.82, 2.24) is 9.21 Å². The maximum Gasteiger partial charge on any atom is 0.228 e. The molecule has 23 heavy (non-hydrogen) atoms. The normalized spacial score (nSPS) is 28.7. The minimum Gasteiger partial charge on any atom is -0.384 e. The average Bonchev–Trinajstić information content (AvgIpc) is 3.32. The smallest absolute Gasteiger partial charge is 0.228 e. The molecule has 0 radical (unpaired) electrons. The van der Waals surface area contributed by atoms with Gasteiger partial charge in [0.2, 0.25) is 15.9 Å². The molecular weight excluding hydrogens is 316 g/mol. The van der Waals surface area contributed by atoms with Crippen LogP contribution in [0.1, 0.15) is 32.6 Å². The second-order valence-corrected chi connectivity index (χ2v) is 9.59. The van der Waals surface area contributed by atoms with E-state index in [4.69, 9.17) is 4.74 Å². The number of likely N-dealkylation sites (tertiary alicyclic amines) is 1. The van der Waals surface area contributed by atoms with Crippen LogP contribution < -0.4 is 0 Å². The van der Waals surface area contributed by atoms with Crippen LogP contribution in [0.2, 0.25) is 0 Å². The topological polar surface area (TPSA) is 66.9 Å². The Morgan fingerprint density at radius 3 is 2.43 bits per heavy atom. The quantitative estimate of drug-likeness (QED) is 0.719. The van der Waals surface area contributed by atoms with Crippen LogP contribution in [-0.2, 0) is 19.6 Å². The van der Waals surface area contributed by atoms with Crippen molar-refractivity contribution < 1.29 is 17.9 Å². The summed E-state index contributed by atoms with van der Waals surface area (Å²) in [6.07, 6.45) is 3.98. The predicted molar refractivity (Wildman–Crippen MR) is 87.4 cm³/mol. The summed E-state index contributed by atoms with van der Waals surface area (Å²) < 4.78 is 31.1. The molecule has 0 aromatic carbocycles. The van der Waals surface area contributed by atoms with Gasteiger partial charge in [-0.15, -0.1) is 0 Å². The molecule has 3 fully saturated rings. The van der Waals surface area contributed by atoms with Crippen LogP contribution in [0.15, 0.2) is 0 Å². The minimum atomic E-state index is -3.13. The van der Waals surface area contributed by atoms with E-state index in [9.17, 15) is 13.2 Å². The molecule has 0 aromatic rings. The van der Waals surface area contributed by atoms with E-state index in [1.165, 1.54) is 12.8 Å². The summed E-state index contributed by atoms with van der Waals surface area (Å²) in [5, 5.41) is 0. The second-order valence-electron chi connectivity index (χ2n) is 7.33. The van der Waals surface area contributed by atoms with Crippen molar-refractivity contribution >= 4 is 15.9 Å². The molecule has 1 spiro atoms. The third kappa shape index (κ3) is 3.28. The van der Waals surface area contributed by atoms with E-state index in [2.05, 4.69) is 0 Å². The van der Waals surface area contributed by atoms with Gasteiger partial charge in [-0.3, -0.25) is 4.79 Å². The van der Waals surface area contributed by atoms with Crippen molar-refractivity contribution in [2.75, 3.05) is 45.6 Å². The number of carbonyl (C=O) groups is 1. The fourth-order valence-corrected chi connectivity index (χ4v) is 5.23. The first-order chi connectivity index (χ1) is 10.9. The van der Waals surface area contributed by atoms with E-state index >= 15 is 0 Å². The van der Waals surface area contributed by atoms with E-state index in [1.54, 1.807) is 18.3 Å². The number of hydrogen-bond acceptors (Lipinski definition) is 4. The highest BCUT2D eigenvalue weighted by Gasteiger charge is 2.54. The molecule has 2 saturated heterocycles. The summed E-state index contributed by atoms with van der Waals surface area (Å²) in [4.78, 5) is 14.8. The molecular formula is C16H28N2O4S. The minimum absolute atomic E-state index is 0.109. The Morgan fingerprint density at radius 1 is 1.26 bits per heavy atom. The Bertz CT molecular complexity index is 550. The van der Waals surface area contributed by atoms with Gasteiger partial charge in [0.05, 0.1) is 18.3 Å². The van der Waals surface area contributed by atoms with Crippen LogP contribution in [0.4, 0.5) is 0 Å². The van der Waals surface area contributed by atoms with Crippen LogP contribution in [0.25, 0.3) is 0 Å². The Labute approximate surface area is 139 Å². The molecule has 3 aliphatic rings. The molecule has 6 nitrogen and oxygen atoms in total. The van der Waals surface area contributed by atoms with Gasteiger partial charge in [-0.25, -0.2) is 12.7 Å². The highest BCUT2D eigenvalue weighted by atomic mass is 32.2. The number of methoxy groups -OCH3 is 1. The zero-order chi connectivity index (χ0) is 16.7. The highest BCUT2D eigenvalue weighted by Crippen LogP contribution is 2.47. The molecule has 1 atom stereocenters. The summed E-state index contributed by atoms with van der Waals surface area (Å²) >= 11 is 0. The lowest BCUT2D eigenvalue weighted by atomic mass is 9.71. The molecule has 1 saturated carbocycles. The average molecular weight is 344 g/mol. The maximum absolute atomic E-state index is 12.8. The molecule has 0 unspecified atom stereocenters. The highest BCUT2D eigenvalue weighted by molar-refractivity contribution is 7.89. The molecule has 132 valence electrons. The molecule has 0 bridgehead atoms. The summed E-state index contributed by atoms with van der Waals surface area (Å²) in [5.74, 6) is 0.926. The monoisotopic (exact) mass is 344 g/mol. The number of piperidine rings is 1. The van der Waals surface area contributed by atoms with Crippen LogP contribution in [-0.4, -0.2) is 69.2 Å². The van der Waals surface area contributed by atoms with Crippen LogP contribution >= 0.6 is 0 Å². The van der Waals surface area contributed by atoms with E-state index in [0.29, 0.717) is 25.6 Å². The Morgan fingerprint density at radius 2 is 1.91 bits per heavy atom. The van der Waals surface area contributed by atoms with Gasteiger partial charge in [0, 0.05) is 38.7 Å². The number of rotatable bonds is 6. The fraction of sp³-hybridized carbons (Fsp3) is 0.938. The number of nitrogens with zero attached hydrogens (tertiary/aromatic N) is 2. The van der Waals surface area contributed by atoms with E-state index in [1.807, 2.05) is 4.90 Å². The maximum atomic E-state index is 12.8. The standard InChI is InChI=1S/C16H28N2O4S/c1-3-23(20,21)18-8-6-16(7-9-18)12-17(10-13-4-5-13)15(19)14(16)11-22-2/h13-14H,3-12H2,1-2H3/t14-/m1/s1. The Hall–Kier alpha value is -0.660.